The molecule has 2 aromatic carbocycles. The van der Waals surface area contributed by atoms with Crippen molar-refractivity contribution < 1.29 is 24.3 Å². The Morgan fingerprint density at radius 2 is 1.97 bits per heavy atom. The molecule has 1 aromatic heterocycles. The third-order valence-corrected chi connectivity index (χ3v) is 5.46. The SMILES string of the molecule is CN(C)CCON(C(=O)C1COc2ccc(C(=O)O)cc2C1)c1ccc(-c2cn[nH]c2)cc1. The number of amides is 1. The molecular formula is C24H26N4O5. The zero-order valence-electron chi connectivity index (χ0n) is 18.5. The number of hydroxylamine groups is 1. The lowest BCUT2D eigenvalue weighted by Gasteiger charge is -2.30. The summed E-state index contributed by atoms with van der Waals surface area (Å²) in [5, 5.41) is 17.4. The molecule has 0 saturated carbocycles. The molecule has 1 amide bonds. The Balaban J connectivity index is 1.55. The van der Waals surface area contributed by atoms with Crippen LogP contribution in [0.2, 0.25) is 0 Å². The number of rotatable bonds is 8. The first-order valence-corrected chi connectivity index (χ1v) is 10.6. The van der Waals surface area contributed by atoms with Crippen molar-refractivity contribution in [3.05, 3.63) is 66.0 Å². The zero-order valence-corrected chi connectivity index (χ0v) is 18.5. The zero-order chi connectivity index (χ0) is 23.4. The van der Waals surface area contributed by atoms with Crippen LogP contribution in [0.5, 0.6) is 5.75 Å². The topological polar surface area (TPSA) is 108 Å². The molecule has 0 aliphatic carbocycles. The van der Waals surface area contributed by atoms with Crippen molar-refractivity contribution in [2.75, 3.05) is 38.9 Å². The van der Waals surface area contributed by atoms with E-state index in [0.717, 1.165) is 11.1 Å². The highest BCUT2D eigenvalue weighted by atomic mass is 16.7. The number of benzene rings is 2. The van der Waals surface area contributed by atoms with Gasteiger partial charge >= 0.3 is 5.97 Å². The second-order valence-electron chi connectivity index (χ2n) is 8.14. The monoisotopic (exact) mass is 450 g/mol. The Morgan fingerprint density at radius 1 is 1.18 bits per heavy atom. The Labute approximate surface area is 191 Å². The molecule has 0 fully saturated rings. The predicted molar refractivity (Wildman–Crippen MR) is 122 cm³/mol. The molecule has 1 unspecified atom stereocenters. The van der Waals surface area contributed by atoms with Crippen LogP contribution < -0.4 is 9.80 Å². The van der Waals surface area contributed by atoms with E-state index in [9.17, 15) is 14.7 Å². The van der Waals surface area contributed by atoms with Crippen LogP contribution in [0.1, 0.15) is 15.9 Å². The van der Waals surface area contributed by atoms with Gasteiger partial charge in [0.2, 0.25) is 0 Å². The fraction of sp³-hybridized carbons (Fsp3) is 0.292. The van der Waals surface area contributed by atoms with E-state index in [4.69, 9.17) is 9.57 Å². The number of likely N-dealkylation sites (N-methyl/N-ethyl adjacent to an activating group) is 1. The van der Waals surface area contributed by atoms with Crippen LogP contribution in [-0.2, 0) is 16.1 Å². The number of carboxylic acids is 1. The van der Waals surface area contributed by atoms with Gasteiger partial charge in [-0.25, -0.2) is 4.79 Å². The number of ether oxygens (including phenoxy) is 1. The Bertz CT molecular complexity index is 1110. The molecule has 2 N–H and O–H groups in total. The van der Waals surface area contributed by atoms with Crippen LogP contribution in [0.3, 0.4) is 0 Å². The van der Waals surface area contributed by atoms with Gasteiger partial charge < -0.3 is 14.7 Å². The predicted octanol–water partition coefficient (Wildman–Crippen LogP) is 2.85. The van der Waals surface area contributed by atoms with Crippen molar-refractivity contribution >= 4 is 17.6 Å². The molecule has 9 heteroatoms. The molecule has 2 heterocycles. The summed E-state index contributed by atoms with van der Waals surface area (Å²) in [6.45, 7) is 1.16. The molecule has 1 aliphatic rings. The van der Waals surface area contributed by atoms with E-state index in [2.05, 4.69) is 10.2 Å². The van der Waals surface area contributed by atoms with Gasteiger partial charge in [-0.1, -0.05) is 12.1 Å². The van der Waals surface area contributed by atoms with Crippen LogP contribution in [0.4, 0.5) is 5.69 Å². The first-order chi connectivity index (χ1) is 15.9. The number of anilines is 1. The third kappa shape index (κ3) is 5.21. The van der Waals surface area contributed by atoms with Gasteiger partial charge in [-0.3, -0.25) is 14.7 Å². The molecule has 4 rings (SSSR count). The van der Waals surface area contributed by atoms with Gasteiger partial charge in [0.1, 0.15) is 12.4 Å². The van der Waals surface area contributed by atoms with Gasteiger partial charge in [0.25, 0.3) is 5.91 Å². The third-order valence-electron chi connectivity index (χ3n) is 5.46. The van der Waals surface area contributed by atoms with Crippen molar-refractivity contribution in [2.45, 2.75) is 6.42 Å². The largest absolute Gasteiger partial charge is 0.492 e. The van der Waals surface area contributed by atoms with Gasteiger partial charge in [0.05, 0.1) is 30.0 Å². The highest BCUT2D eigenvalue weighted by Gasteiger charge is 2.32. The van der Waals surface area contributed by atoms with E-state index in [0.29, 0.717) is 36.6 Å². The van der Waals surface area contributed by atoms with Gasteiger partial charge in [-0.15, -0.1) is 0 Å². The number of carbonyl (C=O) groups is 2. The Hall–Kier alpha value is -3.69. The van der Waals surface area contributed by atoms with E-state index in [1.165, 1.54) is 11.1 Å². The number of H-pyrrole nitrogens is 1. The second-order valence-corrected chi connectivity index (χ2v) is 8.14. The van der Waals surface area contributed by atoms with E-state index in [1.807, 2.05) is 43.3 Å². The summed E-state index contributed by atoms with van der Waals surface area (Å²) < 4.78 is 5.77. The van der Waals surface area contributed by atoms with Gasteiger partial charge in [-0.05, 0) is 62.0 Å². The average molecular weight is 450 g/mol. The number of carbonyl (C=O) groups excluding carboxylic acids is 1. The van der Waals surface area contributed by atoms with Crippen molar-refractivity contribution in [1.82, 2.24) is 15.1 Å². The van der Waals surface area contributed by atoms with Gasteiger partial charge in [0, 0.05) is 18.3 Å². The molecule has 3 aromatic rings. The van der Waals surface area contributed by atoms with Crippen LogP contribution >= 0.6 is 0 Å². The number of nitrogens with zero attached hydrogens (tertiary/aromatic N) is 3. The fourth-order valence-corrected chi connectivity index (χ4v) is 3.63. The number of aromatic nitrogens is 2. The van der Waals surface area contributed by atoms with Crippen LogP contribution in [0.15, 0.2) is 54.9 Å². The maximum atomic E-state index is 13.5. The highest BCUT2D eigenvalue weighted by Crippen LogP contribution is 2.31. The maximum Gasteiger partial charge on any atom is 0.335 e. The lowest BCUT2D eigenvalue weighted by molar-refractivity contribution is -0.131. The van der Waals surface area contributed by atoms with E-state index >= 15 is 0 Å². The van der Waals surface area contributed by atoms with Crippen LogP contribution in [0.25, 0.3) is 11.1 Å². The summed E-state index contributed by atoms with van der Waals surface area (Å²) in [7, 11) is 3.86. The molecule has 9 nitrogen and oxygen atoms in total. The van der Waals surface area contributed by atoms with Crippen molar-refractivity contribution in [1.29, 1.82) is 0 Å². The van der Waals surface area contributed by atoms with Crippen LogP contribution in [0, 0.1) is 5.92 Å². The Morgan fingerprint density at radius 3 is 2.64 bits per heavy atom. The minimum absolute atomic E-state index is 0.166. The fourth-order valence-electron chi connectivity index (χ4n) is 3.63. The molecule has 1 aliphatic heterocycles. The number of aromatic amines is 1. The van der Waals surface area contributed by atoms with Gasteiger partial charge in [0.15, 0.2) is 0 Å². The average Bonchev–Trinajstić information content (AvgIpc) is 3.36. The lowest BCUT2D eigenvalue weighted by atomic mass is 9.94. The van der Waals surface area contributed by atoms with Gasteiger partial charge in [-0.2, -0.15) is 10.2 Å². The molecule has 172 valence electrons. The molecule has 0 saturated heterocycles. The summed E-state index contributed by atoms with van der Waals surface area (Å²) in [4.78, 5) is 32.7. The minimum atomic E-state index is -1.02. The minimum Gasteiger partial charge on any atom is -0.492 e. The number of aromatic carboxylic acids is 1. The first kappa shape index (κ1) is 22.5. The number of hydrogen-bond acceptors (Lipinski definition) is 6. The smallest absolute Gasteiger partial charge is 0.335 e. The number of hydrogen-bond donors (Lipinski definition) is 2. The molecule has 0 radical (unpaired) electrons. The van der Waals surface area contributed by atoms with Crippen molar-refractivity contribution in [2.24, 2.45) is 5.92 Å². The molecule has 33 heavy (non-hydrogen) atoms. The summed E-state index contributed by atoms with van der Waals surface area (Å²) in [6, 6.07) is 12.2. The van der Waals surface area contributed by atoms with Crippen LogP contribution in [-0.4, -0.2) is 65.9 Å². The van der Waals surface area contributed by atoms with Crippen molar-refractivity contribution in [3.63, 3.8) is 0 Å². The standard InChI is InChI=1S/C24H26N4O5/c1-27(2)9-10-33-28(21-6-3-16(4-7-21)20-13-25-26-14-20)23(29)19-12-18-11-17(24(30)31)5-8-22(18)32-15-19/h3-8,11,13-14,19H,9-10,12,15H2,1-2H3,(H,25,26)(H,30,31). The quantitative estimate of drug-likeness (QED) is 0.508. The number of nitrogens with one attached hydrogen (secondary N) is 1. The lowest BCUT2D eigenvalue weighted by Crippen LogP contribution is -2.42. The molecule has 1 atom stereocenters. The highest BCUT2D eigenvalue weighted by molar-refractivity contribution is 5.94. The maximum absolute atomic E-state index is 13.5. The van der Waals surface area contributed by atoms with E-state index in [-0.39, 0.29) is 18.1 Å². The number of fused-ring (bicyclic) bond motifs is 1. The van der Waals surface area contributed by atoms with E-state index < -0.39 is 11.9 Å². The summed E-state index contributed by atoms with van der Waals surface area (Å²) >= 11 is 0. The summed E-state index contributed by atoms with van der Waals surface area (Å²) in [5.74, 6) is -1.16. The summed E-state index contributed by atoms with van der Waals surface area (Å²) in [6.07, 6.45) is 3.90. The van der Waals surface area contributed by atoms with E-state index in [1.54, 1.807) is 24.5 Å². The van der Waals surface area contributed by atoms with Crippen molar-refractivity contribution in [3.8, 4) is 16.9 Å². The number of carboxylic acid groups (broad SMARTS) is 1. The Kier molecular flexibility index (Phi) is 6.71. The molecule has 0 spiro atoms. The summed E-state index contributed by atoms with van der Waals surface area (Å²) in [5.41, 5.74) is 3.38. The normalized spacial score (nSPS) is 15.1. The molecule has 0 bridgehead atoms. The second kappa shape index (κ2) is 9.85. The molecular weight excluding hydrogens is 424 g/mol. The first-order valence-electron chi connectivity index (χ1n) is 10.6.